The van der Waals surface area contributed by atoms with Crippen molar-refractivity contribution in [2.24, 2.45) is 5.18 Å². The topological polar surface area (TPSA) is 29.4 Å². The van der Waals surface area contributed by atoms with Crippen LogP contribution in [0.5, 0.6) is 0 Å². The van der Waals surface area contributed by atoms with Crippen LogP contribution in [-0.4, -0.2) is 0 Å². The van der Waals surface area contributed by atoms with Crippen molar-refractivity contribution in [3.05, 3.63) is 53.5 Å². The molecule has 0 N–H and O–H groups in total. The third kappa shape index (κ3) is 2.02. The highest BCUT2D eigenvalue weighted by atomic mass is 16.3. The summed E-state index contributed by atoms with van der Waals surface area (Å²) in [5.74, 6) is 0. The molecular formula is C10H11NO. The van der Waals surface area contributed by atoms with Crippen molar-refractivity contribution in [3.63, 3.8) is 0 Å². The number of benzene rings is 1. The number of hydrogen-bond donors (Lipinski definition) is 0. The summed E-state index contributed by atoms with van der Waals surface area (Å²) in [4.78, 5) is 10.4. The highest BCUT2D eigenvalue weighted by Crippen LogP contribution is 2.20. The predicted molar refractivity (Wildman–Crippen MR) is 49.8 cm³/mol. The Morgan fingerprint density at radius 3 is 2.58 bits per heavy atom. The molecule has 12 heavy (non-hydrogen) atoms. The average Bonchev–Trinajstić information content (AvgIpc) is 2.15. The van der Waals surface area contributed by atoms with Gasteiger partial charge in [0.1, 0.15) is 6.04 Å². The van der Waals surface area contributed by atoms with Gasteiger partial charge in [-0.25, -0.2) is 0 Å². The van der Waals surface area contributed by atoms with E-state index in [1.807, 2.05) is 30.3 Å². The molecule has 0 bridgehead atoms. The molecule has 2 heteroatoms. The largest absolute Gasteiger partial charge is 0.150 e. The van der Waals surface area contributed by atoms with Crippen LogP contribution in [0.3, 0.4) is 0 Å². The Balaban J connectivity index is 2.79. The first-order valence-electron chi connectivity index (χ1n) is 3.86. The summed E-state index contributed by atoms with van der Waals surface area (Å²) < 4.78 is 0. The lowest BCUT2D eigenvalue weighted by molar-refractivity contribution is 0.737. The Morgan fingerprint density at radius 2 is 2.08 bits per heavy atom. The van der Waals surface area contributed by atoms with Crippen molar-refractivity contribution in [3.8, 4) is 0 Å². The third-order valence-corrected chi connectivity index (χ3v) is 1.70. The SMILES string of the molecule is C=CCC(N=O)c1ccccc1. The molecule has 0 aliphatic rings. The van der Waals surface area contributed by atoms with Crippen molar-refractivity contribution in [1.29, 1.82) is 0 Å². The lowest BCUT2D eigenvalue weighted by atomic mass is 10.1. The van der Waals surface area contributed by atoms with Crippen LogP contribution < -0.4 is 0 Å². The zero-order valence-electron chi connectivity index (χ0n) is 6.81. The first-order chi connectivity index (χ1) is 5.88. The van der Waals surface area contributed by atoms with Gasteiger partial charge in [0.2, 0.25) is 0 Å². The summed E-state index contributed by atoms with van der Waals surface area (Å²) in [7, 11) is 0. The molecule has 1 aromatic rings. The summed E-state index contributed by atoms with van der Waals surface area (Å²) in [5, 5.41) is 3.03. The van der Waals surface area contributed by atoms with E-state index in [0.717, 1.165) is 5.56 Å². The Kier molecular flexibility index (Phi) is 3.20. The molecule has 0 aliphatic heterocycles. The third-order valence-electron chi connectivity index (χ3n) is 1.70. The molecule has 62 valence electrons. The van der Waals surface area contributed by atoms with Crippen molar-refractivity contribution < 1.29 is 0 Å². The molecule has 0 radical (unpaired) electrons. The molecule has 0 saturated heterocycles. The van der Waals surface area contributed by atoms with Crippen LogP contribution >= 0.6 is 0 Å². The Bertz CT molecular complexity index is 256. The molecule has 0 saturated carbocycles. The molecule has 0 fully saturated rings. The van der Waals surface area contributed by atoms with Gasteiger partial charge < -0.3 is 0 Å². The van der Waals surface area contributed by atoms with Gasteiger partial charge in [-0.15, -0.1) is 6.58 Å². The van der Waals surface area contributed by atoms with Crippen LogP contribution in [0.2, 0.25) is 0 Å². The van der Waals surface area contributed by atoms with Crippen molar-refractivity contribution in [1.82, 2.24) is 0 Å². The van der Waals surface area contributed by atoms with Gasteiger partial charge in [-0.2, -0.15) is 4.91 Å². The van der Waals surface area contributed by atoms with E-state index in [0.29, 0.717) is 6.42 Å². The highest BCUT2D eigenvalue weighted by Gasteiger charge is 2.07. The average molecular weight is 161 g/mol. The molecule has 1 rings (SSSR count). The van der Waals surface area contributed by atoms with Gasteiger partial charge in [0.05, 0.1) is 0 Å². The molecule has 0 amide bonds. The summed E-state index contributed by atoms with van der Waals surface area (Å²) in [6, 6.07) is 9.24. The van der Waals surface area contributed by atoms with E-state index in [1.165, 1.54) is 0 Å². The monoisotopic (exact) mass is 161 g/mol. The predicted octanol–water partition coefficient (Wildman–Crippen LogP) is 3.07. The molecule has 0 aliphatic carbocycles. The molecule has 1 atom stereocenters. The summed E-state index contributed by atoms with van der Waals surface area (Å²) >= 11 is 0. The molecule has 1 unspecified atom stereocenters. The van der Waals surface area contributed by atoms with Crippen LogP contribution in [0.15, 0.2) is 48.2 Å². The maximum Gasteiger partial charge on any atom is 0.120 e. The minimum atomic E-state index is -0.274. The minimum Gasteiger partial charge on any atom is -0.150 e. The van der Waals surface area contributed by atoms with Gasteiger partial charge in [-0.3, -0.25) is 0 Å². The fourth-order valence-electron chi connectivity index (χ4n) is 1.07. The molecule has 2 nitrogen and oxygen atoms in total. The Hall–Kier alpha value is -1.44. The second-order valence-corrected chi connectivity index (χ2v) is 2.56. The smallest absolute Gasteiger partial charge is 0.120 e. The van der Waals surface area contributed by atoms with E-state index < -0.39 is 0 Å². The van der Waals surface area contributed by atoms with Gasteiger partial charge in [0.25, 0.3) is 0 Å². The standard InChI is InChI=1S/C10H11NO/c1-2-6-10(11-12)9-7-4-3-5-8-9/h2-5,7-8,10H,1,6H2. The van der Waals surface area contributed by atoms with Gasteiger partial charge >= 0.3 is 0 Å². The Morgan fingerprint density at radius 1 is 1.42 bits per heavy atom. The number of nitroso groups, excluding NO2 is 1. The van der Waals surface area contributed by atoms with Crippen molar-refractivity contribution in [2.45, 2.75) is 12.5 Å². The lowest BCUT2D eigenvalue weighted by Gasteiger charge is -2.04. The molecular weight excluding hydrogens is 150 g/mol. The number of hydrogen-bond acceptors (Lipinski definition) is 2. The molecule has 0 aromatic heterocycles. The van der Waals surface area contributed by atoms with E-state index in [9.17, 15) is 4.91 Å². The van der Waals surface area contributed by atoms with E-state index in [-0.39, 0.29) is 6.04 Å². The fourth-order valence-corrected chi connectivity index (χ4v) is 1.07. The number of rotatable bonds is 4. The molecule has 1 aromatic carbocycles. The van der Waals surface area contributed by atoms with Crippen molar-refractivity contribution >= 4 is 0 Å². The maximum atomic E-state index is 10.4. The molecule has 0 spiro atoms. The fraction of sp³-hybridized carbons (Fsp3) is 0.200. The van der Waals surface area contributed by atoms with Gasteiger partial charge in [-0.05, 0) is 12.0 Å². The van der Waals surface area contributed by atoms with Crippen LogP contribution in [0, 0.1) is 4.91 Å². The van der Waals surface area contributed by atoms with Crippen LogP contribution in [0.4, 0.5) is 0 Å². The first-order valence-corrected chi connectivity index (χ1v) is 3.86. The summed E-state index contributed by atoms with van der Waals surface area (Å²) in [6.45, 7) is 3.58. The van der Waals surface area contributed by atoms with Gasteiger partial charge in [-0.1, -0.05) is 41.6 Å². The van der Waals surface area contributed by atoms with E-state index in [4.69, 9.17) is 0 Å². The first kappa shape index (κ1) is 8.65. The van der Waals surface area contributed by atoms with E-state index in [1.54, 1.807) is 6.08 Å². The zero-order valence-corrected chi connectivity index (χ0v) is 6.81. The molecule has 0 heterocycles. The lowest BCUT2D eigenvalue weighted by Crippen LogP contribution is -1.91. The van der Waals surface area contributed by atoms with Crippen molar-refractivity contribution in [2.75, 3.05) is 0 Å². The second kappa shape index (κ2) is 4.44. The summed E-state index contributed by atoms with van der Waals surface area (Å²) in [5.41, 5.74) is 0.951. The quantitative estimate of drug-likeness (QED) is 0.493. The number of nitrogens with zero attached hydrogens (tertiary/aromatic N) is 1. The van der Waals surface area contributed by atoms with Gasteiger partial charge in [0.15, 0.2) is 0 Å². The van der Waals surface area contributed by atoms with Crippen LogP contribution in [-0.2, 0) is 0 Å². The van der Waals surface area contributed by atoms with E-state index in [2.05, 4.69) is 11.8 Å². The van der Waals surface area contributed by atoms with Crippen LogP contribution in [0.25, 0.3) is 0 Å². The Labute approximate surface area is 71.9 Å². The highest BCUT2D eigenvalue weighted by molar-refractivity contribution is 5.19. The normalized spacial score (nSPS) is 12.0. The van der Waals surface area contributed by atoms with Gasteiger partial charge in [0, 0.05) is 0 Å². The van der Waals surface area contributed by atoms with Crippen LogP contribution in [0.1, 0.15) is 18.0 Å². The maximum absolute atomic E-state index is 10.4. The minimum absolute atomic E-state index is 0.274. The zero-order chi connectivity index (χ0) is 8.81. The van der Waals surface area contributed by atoms with E-state index >= 15 is 0 Å². The second-order valence-electron chi connectivity index (χ2n) is 2.56. The summed E-state index contributed by atoms with van der Waals surface area (Å²) in [6.07, 6.45) is 2.31.